The Morgan fingerprint density at radius 2 is 1.91 bits per heavy atom. The molecule has 1 aliphatic carbocycles. The summed E-state index contributed by atoms with van der Waals surface area (Å²) in [5.41, 5.74) is 11.5. The number of rotatable bonds is 8. The topological polar surface area (TPSA) is 94.6 Å². The van der Waals surface area contributed by atoms with Crippen LogP contribution in [0.5, 0.6) is 5.75 Å². The fourth-order valence-corrected chi connectivity index (χ4v) is 5.06. The van der Waals surface area contributed by atoms with Crippen LogP contribution in [0.25, 0.3) is 10.9 Å². The third-order valence-corrected chi connectivity index (χ3v) is 6.50. The molecule has 0 saturated heterocycles. The Balaban J connectivity index is 1.85. The lowest BCUT2D eigenvalue weighted by atomic mass is 9.92. The molecular weight excluding hydrogens is 404 g/mol. The molecule has 2 aromatic carbocycles. The van der Waals surface area contributed by atoms with Gasteiger partial charge in [0, 0.05) is 17.6 Å². The number of hydrogen-bond donors (Lipinski definition) is 2. The molecule has 0 saturated carbocycles. The van der Waals surface area contributed by atoms with Crippen molar-refractivity contribution in [3.63, 3.8) is 0 Å². The highest BCUT2D eigenvalue weighted by atomic mass is 16.5. The van der Waals surface area contributed by atoms with Crippen LogP contribution in [0, 0.1) is 0 Å². The third-order valence-electron chi connectivity index (χ3n) is 6.50. The molecule has 168 valence electrons. The molecular formula is C26H30N2O4. The molecule has 4 rings (SSSR count). The number of carboxylic acid groups (broad SMARTS) is 1. The zero-order chi connectivity index (χ0) is 22.7. The van der Waals surface area contributed by atoms with Crippen molar-refractivity contribution in [2.75, 3.05) is 6.61 Å². The predicted molar refractivity (Wildman–Crippen MR) is 124 cm³/mol. The monoisotopic (exact) mass is 434 g/mol. The third kappa shape index (κ3) is 4.22. The molecule has 0 bridgehead atoms. The lowest BCUT2D eigenvalue weighted by Crippen LogP contribution is -2.21. The fraction of sp³-hybridized carbons (Fsp3) is 0.385. The zero-order valence-corrected chi connectivity index (χ0v) is 18.5. The minimum absolute atomic E-state index is 0.337. The smallest absolute Gasteiger partial charge is 0.341 e. The second kappa shape index (κ2) is 9.47. The number of fused-ring (bicyclic) bond motifs is 3. The van der Waals surface area contributed by atoms with Gasteiger partial charge >= 0.3 is 5.97 Å². The summed E-state index contributed by atoms with van der Waals surface area (Å²) in [5.74, 6) is -1.26. The quantitative estimate of drug-likeness (QED) is 0.520. The van der Waals surface area contributed by atoms with Gasteiger partial charge in [-0.25, -0.2) is 4.79 Å². The van der Waals surface area contributed by atoms with Gasteiger partial charge in [-0.1, -0.05) is 43.7 Å². The van der Waals surface area contributed by atoms with Gasteiger partial charge in [-0.2, -0.15) is 0 Å². The fourth-order valence-electron chi connectivity index (χ4n) is 5.06. The van der Waals surface area contributed by atoms with Crippen molar-refractivity contribution in [2.24, 2.45) is 5.73 Å². The predicted octanol–water partition coefficient (Wildman–Crippen LogP) is 4.21. The van der Waals surface area contributed by atoms with Crippen LogP contribution in [0.3, 0.4) is 0 Å². The van der Waals surface area contributed by atoms with Crippen LogP contribution in [0.4, 0.5) is 0 Å². The van der Waals surface area contributed by atoms with Gasteiger partial charge in [-0.05, 0) is 60.9 Å². The van der Waals surface area contributed by atoms with Crippen molar-refractivity contribution in [3.05, 3.63) is 64.8 Å². The van der Waals surface area contributed by atoms with Gasteiger partial charge in [0.15, 0.2) is 6.61 Å². The summed E-state index contributed by atoms with van der Waals surface area (Å²) < 4.78 is 7.96. The van der Waals surface area contributed by atoms with Crippen LogP contribution in [-0.2, 0) is 35.4 Å². The maximum absolute atomic E-state index is 12.4. The van der Waals surface area contributed by atoms with E-state index in [9.17, 15) is 9.59 Å². The first kappa shape index (κ1) is 21.9. The number of aryl methyl sites for hydroxylation is 3. The first-order valence-corrected chi connectivity index (χ1v) is 11.4. The lowest BCUT2D eigenvalue weighted by Gasteiger charge is -2.14. The van der Waals surface area contributed by atoms with Crippen molar-refractivity contribution in [2.45, 2.75) is 57.9 Å². The highest BCUT2D eigenvalue weighted by Crippen LogP contribution is 2.42. The number of aliphatic carboxylic acids is 1. The summed E-state index contributed by atoms with van der Waals surface area (Å²) in [5, 5.41) is 9.96. The molecule has 3 N–H and O–H groups in total. The van der Waals surface area contributed by atoms with Crippen molar-refractivity contribution < 1.29 is 19.4 Å². The van der Waals surface area contributed by atoms with Gasteiger partial charge in [-0.3, -0.25) is 4.79 Å². The first-order chi connectivity index (χ1) is 15.5. The Labute approximate surface area is 188 Å². The average Bonchev–Trinajstić information content (AvgIpc) is 2.93. The van der Waals surface area contributed by atoms with E-state index in [4.69, 9.17) is 15.6 Å². The number of carbonyl (C=O) groups excluding carboxylic acids is 1. The molecule has 0 aliphatic heterocycles. The Kier molecular flexibility index (Phi) is 6.49. The number of benzene rings is 2. The minimum Gasteiger partial charge on any atom is -0.481 e. The Hall–Kier alpha value is -3.28. The summed E-state index contributed by atoms with van der Waals surface area (Å²) in [6, 6.07) is 14.2. The summed E-state index contributed by atoms with van der Waals surface area (Å²) in [7, 11) is 0. The summed E-state index contributed by atoms with van der Waals surface area (Å²) in [6.45, 7) is 2.51. The molecule has 0 radical (unpaired) electrons. The zero-order valence-electron chi connectivity index (χ0n) is 18.5. The van der Waals surface area contributed by atoms with E-state index in [1.165, 1.54) is 11.1 Å². The Bertz CT molecular complexity index is 1150. The van der Waals surface area contributed by atoms with E-state index in [-0.39, 0.29) is 5.91 Å². The van der Waals surface area contributed by atoms with Gasteiger partial charge in [0.1, 0.15) is 5.75 Å². The number of aromatic nitrogens is 1. The Morgan fingerprint density at radius 3 is 2.62 bits per heavy atom. The molecule has 32 heavy (non-hydrogen) atoms. The molecule has 0 fully saturated rings. The van der Waals surface area contributed by atoms with E-state index in [2.05, 4.69) is 35.8 Å². The van der Waals surface area contributed by atoms with Crippen molar-refractivity contribution in [3.8, 4) is 5.75 Å². The molecule has 1 aliphatic rings. The molecule has 0 spiro atoms. The average molecular weight is 435 g/mol. The van der Waals surface area contributed by atoms with Gasteiger partial charge in [-0.15, -0.1) is 0 Å². The largest absolute Gasteiger partial charge is 0.481 e. The molecule has 1 amide bonds. The summed E-state index contributed by atoms with van der Waals surface area (Å²) in [6.07, 6.45) is 5.35. The Morgan fingerprint density at radius 1 is 1.12 bits per heavy atom. The number of amides is 1. The molecule has 1 heterocycles. The molecule has 6 nitrogen and oxygen atoms in total. The van der Waals surface area contributed by atoms with E-state index in [1.54, 1.807) is 6.07 Å². The van der Waals surface area contributed by atoms with E-state index in [1.807, 2.05) is 12.1 Å². The summed E-state index contributed by atoms with van der Waals surface area (Å²) in [4.78, 5) is 23.6. The van der Waals surface area contributed by atoms with Crippen LogP contribution in [0.1, 0.15) is 54.5 Å². The van der Waals surface area contributed by atoms with Gasteiger partial charge in [0.25, 0.3) is 0 Å². The molecule has 1 unspecified atom stereocenters. The van der Waals surface area contributed by atoms with Crippen molar-refractivity contribution in [1.82, 2.24) is 4.57 Å². The highest BCUT2D eigenvalue weighted by molar-refractivity contribution is 5.97. The van der Waals surface area contributed by atoms with E-state index in [0.717, 1.165) is 60.8 Å². The van der Waals surface area contributed by atoms with Crippen LogP contribution in [0.2, 0.25) is 0 Å². The van der Waals surface area contributed by atoms with Gasteiger partial charge < -0.3 is 20.1 Å². The van der Waals surface area contributed by atoms with E-state index in [0.29, 0.717) is 12.2 Å². The standard InChI is InChI=1S/C26H30N2O4/c1-2-17-8-3-4-9-18(17)14-15-28-20-11-6-5-10-19(26(27)31)24(20)25-21(28)12-7-13-22(25)32-16-23(29)30/h3-4,7-9,12-13,19H,2,5-6,10-11,14-16H2,1H3,(H2,27,31)(H,29,30). The van der Waals surface area contributed by atoms with Crippen molar-refractivity contribution in [1.29, 1.82) is 0 Å². The number of nitrogens with two attached hydrogens (primary N) is 1. The number of primary amides is 1. The number of nitrogens with zero attached hydrogens (tertiary/aromatic N) is 1. The number of carbonyl (C=O) groups is 2. The lowest BCUT2D eigenvalue weighted by molar-refractivity contribution is -0.139. The highest BCUT2D eigenvalue weighted by Gasteiger charge is 2.31. The number of ether oxygens (including phenoxy) is 1. The van der Waals surface area contributed by atoms with Crippen LogP contribution >= 0.6 is 0 Å². The molecule has 1 atom stereocenters. The maximum atomic E-state index is 12.4. The second-order valence-electron chi connectivity index (χ2n) is 8.42. The van der Waals surface area contributed by atoms with E-state index >= 15 is 0 Å². The number of carboxylic acids is 1. The summed E-state index contributed by atoms with van der Waals surface area (Å²) >= 11 is 0. The van der Waals surface area contributed by atoms with E-state index < -0.39 is 18.5 Å². The first-order valence-electron chi connectivity index (χ1n) is 11.4. The SMILES string of the molecule is CCc1ccccc1CCn1c2c(c3c(OCC(=O)O)cccc31)C(C(N)=O)CCCC2. The van der Waals surface area contributed by atoms with Crippen LogP contribution in [-0.4, -0.2) is 28.2 Å². The normalized spacial score (nSPS) is 15.8. The second-order valence-corrected chi connectivity index (χ2v) is 8.42. The molecule has 1 aromatic heterocycles. The maximum Gasteiger partial charge on any atom is 0.341 e. The van der Waals surface area contributed by atoms with Crippen LogP contribution < -0.4 is 10.5 Å². The minimum atomic E-state index is -1.03. The van der Waals surface area contributed by atoms with Gasteiger partial charge in [0.05, 0.1) is 11.4 Å². The van der Waals surface area contributed by atoms with Gasteiger partial charge in [0.2, 0.25) is 5.91 Å². The molecule has 3 aromatic rings. The number of hydrogen-bond acceptors (Lipinski definition) is 3. The van der Waals surface area contributed by atoms with Crippen LogP contribution in [0.15, 0.2) is 42.5 Å². The molecule has 6 heteroatoms. The van der Waals surface area contributed by atoms with Crippen molar-refractivity contribution >= 4 is 22.8 Å².